The van der Waals surface area contributed by atoms with Crippen LogP contribution in [-0.2, 0) is 9.53 Å². The lowest BCUT2D eigenvalue weighted by molar-refractivity contribution is -0.140. The first-order chi connectivity index (χ1) is 15.8. The molecule has 1 atom stereocenters. The van der Waals surface area contributed by atoms with Crippen LogP contribution in [0.15, 0.2) is 54.6 Å². The number of rotatable bonds is 5. The lowest BCUT2D eigenvalue weighted by Crippen LogP contribution is -2.51. The van der Waals surface area contributed by atoms with Gasteiger partial charge in [-0.1, -0.05) is 29.8 Å². The van der Waals surface area contributed by atoms with Crippen LogP contribution < -0.4 is 4.90 Å². The summed E-state index contributed by atoms with van der Waals surface area (Å²) >= 11 is 6.39. The summed E-state index contributed by atoms with van der Waals surface area (Å²) in [5.41, 5.74) is 2.05. The van der Waals surface area contributed by atoms with E-state index in [2.05, 4.69) is 10.00 Å². The van der Waals surface area contributed by atoms with Gasteiger partial charge in [0, 0.05) is 31.9 Å². The maximum Gasteiger partial charge on any atom is 0.344 e. The van der Waals surface area contributed by atoms with E-state index in [4.69, 9.17) is 16.3 Å². The Kier molecular flexibility index (Phi) is 6.65. The standard InChI is InChI=1S/C24H24ClFN4O3/c1-16-21(22(25)30(27-16)20-10-8-18(26)9-11-20)24(32)33-17(2)23(31)29-14-12-28(13-15-29)19-6-4-3-5-7-19/h3-11,17H,12-15H2,1-2H3. The molecule has 0 spiro atoms. The first-order valence-electron chi connectivity index (χ1n) is 10.7. The van der Waals surface area contributed by atoms with Crippen LogP contribution in [0.3, 0.4) is 0 Å². The predicted molar refractivity (Wildman–Crippen MR) is 123 cm³/mol. The van der Waals surface area contributed by atoms with Crippen molar-refractivity contribution in [2.24, 2.45) is 0 Å². The van der Waals surface area contributed by atoms with Gasteiger partial charge >= 0.3 is 5.97 Å². The largest absolute Gasteiger partial charge is 0.449 e. The smallest absolute Gasteiger partial charge is 0.344 e. The molecule has 0 aliphatic carbocycles. The minimum absolute atomic E-state index is 0.0419. The van der Waals surface area contributed by atoms with Crippen molar-refractivity contribution in [3.05, 3.63) is 76.8 Å². The van der Waals surface area contributed by atoms with Crippen LogP contribution in [0.2, 0.25) is 5.15 Å². The second kappa shape index (κ2) is 9.62. The summed E-state index contributed by atoms with van der Waals surface area (Å²) < 4.78 is 20.0. The van der Waals surface area contributed by atoms with Crippen molar-refractivity contribution in [3.8, 4) is 5.69 Å². The average Bonchev–Trinajstić information content (AvgIpc) is 3.13. The molecular formula is C24H24ClFN4O3. The second-order valence-corrected chi connectivity index (χ2v) is 8.19. The number of nitrogens with zero attached hydrogens (tertiary/aromatic N) is 4. The Bertz CT molecular complexity index is 1140. The average molecular weight is 471 g/mol. The van der Waals surface area contributed by atoms with Crippen molar-refractivity contribution in [2.45, 2.75) is 20.0 Å². The number of para-hydroxylation sites is 1. The van der Waals surface area contributed by atoms with Gasteiger partial charge in [0.25, 0.3) is 5.91 Å². The molecule has 33 heavy (non-hydrogen) atoms. The molecule has 1 amide bonds. The Morgan fingerprint density at radius 3 is 2.27 bits per heavy atom. The Morgan fingerprint density at radius 1 is 1.00 bits per heavy atom. The van der Waals surface area contributed by atoms with Crippen LogP contribution in [0, 0.1) is 12.7 Å². The molecule has 3 aromatic rings. The minimum atomic E-state index is -0.967. The van der Waals surface area contributed by atoms with Crippen LogP contribution in [0.5, 0.6) is 0 Å². The Morgan fingerprint density at radius 2 is 1.64 bits per heavy atom. The highest BCUT2D eigenvalue weighted by Crippen LogP contribution is 2.25. The van der Waals surface area contributed by atoms with Crippen LogP contribution in [0.4, 0.5) is 10.1 Å². The fraction of sp³-hybridized carbons (Fsp3) is 0.292. The molecule has 0 saturated carbocycles. The number of esters is 1. The van der Waals surface area contributed by atoms with E-state index in [-0.39, 0.29) is 16.6 Å². The molecule has 0 radical (unpaired) electrons. The van der Waals surface area contributed by atoms with Crippen molar-refractivity contribution in [1.29, 1.82) is 0 Å². The van der Waals surface area contributed by atoms with E-state index in [1.54, 1.807) is 18.7 Å². The summed E-state index contributed by atoms with van der Waals surface area (Å²) in [5.74, 6) is -1.37. The van der Waals surface area contributed by atoms with Gasteiger partial charge in [0.1, 0.15) is 16.5 Å². The summed E-state index contributed by atoms with van der Waals surface area (Å²) in [4.78, 5) is 29.6. The van der Waals surface area contributed by atoms with Gasteiger partial charge in [0.2, 0.25) is 0 Å². The molecule has 1 unspecified atom stereocenters. The van der Waals surface area contributed by atoms with Crippen molar-refractivity contribution in [1.82, 2.24) is 14.7 Å². The molecular weight excluding hydrogens is 447 g/mol. The van der Waals surface area contributed by atoms with E-state index in [1.165, 1.54) is 28.9 Å². The van der Waals surface area contributed by atoms with Gasteiger partial charge in [-0.15, -0.1) is 0 Å². The zero-order valence-corrected chi connectivity index (χ0v) is 19.1. The normalized spacial score (nSPS) is 14.8. The SMILES string of the molecule is Cc1nn(-c2ccc(F)cc2)c(Cl)c1C(=O)OC(C)C(=O)N1CCN(c2ccccc2)CC1. The maximum absolute atomic E-state index is 13.2. The van der Waals surface area contributed by atoms with Crippen molar-refractivity contribution >= 4 is 29.2 Å². The van der Waals surface area contributed by atoms with Crippen molar-refractivity contribution in [2.75, 3.05) is 31.1 Å². The molecule has 2 heterocycles. The highest BCUT2D eigenvalue weighted by atomic mass is 35.5. The topological polar surface area (TPSA) is 67.7 Å². The maximum atomic E-state index is 13.2. The number of anilines is 1. The molecule has 2 aromatic carbocycles. The zero-order chi connectivity index (χ0) is 23.5. The van der Waals surface area contributed by atoms with E-state index in [0.717, 1.165) is 5.69 Å². The van der Waals surface area contributed by atoms with E-state index in [9.17, 15) is 14.0 Å². The van der Waals surface area contributed by atoms with Crippen molar-refractivity contribution < 1.29 is 18.7 Å². The molecule has 172 valence electrons. The van der Waals surface area contributed by atoms with E-state index in [0.29, 0.717) is 37.6 Å². The second-order valence-electron chi connectivity index (χ2n) is 7.83. The van der Waals surface area contributed by atoms with Gasteiger partial charge in [-0.05, 0) is 50.2 Å². The lowest BCUT2D eigenvalue weighted by atomic mass is 10.2. The fourth-order valence-electron chi connectivity index (χ4n) is 3.84. The molecule has 1 fully saturated rings. The van der Waals surface area contributed by atoms with Crippen LogP contribution >= 0.6 is 11.6 Å². The van der Waals surface area contributed by atoms with Crippen LogP contribution in [0.1, 0.15) is 23.0 Å². The number of aromatic nitrogens is 2. The Balaban J connectivity index is 1.39. The van der Waals surface area contributed by atoms with Gasteiger partial charge in [-0.25, -0.2) is 13.9 Å². The van der Waals surface area contributed by atoms with Gasteiger partial charge in [0.15, 0.2) is 6.10 Å². The lowest BCUT2D eigenvalue weighted by Gasteiger charge is -2.37. The number of hydrogen-bond donors (Lipinski definition) is 0. The Labute approximate surface area is 196 Å². The molecule has 1 aliphatic rings. The summed E-state index contributed by atoms with van der Waals surface area (Å²) in [7, 11) is 0. The fourth-order valence-corrected chi connectivity index (χ4v) is 4.18. The van der Waals surface area contributed by atoms with E-state index in [1.807, 2.05) is 30.3 Å². The number of halogens is 2. The number of carbonyl (C=O) groups is 2. The van der Waals surface area contributed by atoms with Crippen LogP contribution in [-0.4, -0.2) is 58.8 Å². The highest BCUT2D eigenvalue weighted by Gasteiger charge is 2.30. The number of piperazine rings is 1. The first-order valence-corrected chi connectivity index (χ1v) is 11.0. The molecule has 1 saturated heterocycles. The third-order valence-electron chi connectivity index (χ3n) is 5.62. The summed E-state index contributed by atoms with van der Waals surface area (Å²) in [6.45, 7) is 5.66. The van der Waals surface area contributed by atoms with Gasteiger partial charge in [-0.2, -0.15) is 5.10 Å². The summed E-state index contributed by atoms with van der Waals surface area (Å²) in [6.07, 6.45) is -0.967. The van der Waals surface area contributed by atoms with Gasteiger partial charge in [0.05, 0.1) is 11.4 Å². The molecule has 0 bridgehead atoms. The monoisotopic (exact) mass is 470 g/mol. The number of aryl methyl sites for hydroxylation is 1. The Hall–Kier alpha value is -3.39. The van der Waals surface area contributed by atoms with Gasteiger partial charge in [-0.3, -0.25) is 4.79 Å². The van der Waals surface area contributed by atoms with Crippen molar-refractivity contribution in [3.63, 3.8) is 0 Å². The number of carbonyl (C=O) groups excluding carboxylic acids is 2. The molecule has 1 aromatic heterocycles. The molecule has 7 nitrogen and oxygen atoms in total. The third-order valence-corrected chi connectivity index (χ3v) is 5.97. The highest BCUT2D eigenvalue weighted by molar-refractivity contribution is 6.33. The minimum Gasteiger partial charge on any atom is -0.449 e. The quantitative estimate of drug-likeness (QED) is 0.529. The third kappa shape index (κ3) is 4.85. The number of benzene rings is 2. The van der Waals surface area contributed by atoms with E-state index < -0.39 is 17.9 Å². The number of hydrogen-bond acceptors (Lipinski definition) is 5. The molecule has 4 rings (SSSR count). The number of ether oxygens (including phenoxy) is 1. The zero-order valence-electron chi connectivity index (χ0n) is 18.4. The van der Waals surface area contributed by atoms with Gasteiger partial charge < -0.3 is 14.5 Å². The van der Waals surface area contributed by atoms with Crippen LogP contribution in [0.25, 0.3) is 5.69 Å². The summed E-state index contributed by atoms with van der Waals surface area (Å²) in [6, 6.07) is 15.6. The summed E-state index contributed by atoms with van der Waals surface area (Å²) in [5, 5.41) is 4.31. The molecule has 0 N–H and O–H groups in total. The predicted octanol–water partition coefficient (Wildman–Crippen LogP) is 3.87. The molecule has 1 aliphatic heterocycles. The number of amides is 1. The molecule has 9 heteroatoms. The van der Waals surface area contributed by atoms with E-state index >= 15 is 0 Å². The first kappa shape index (κ1) is 22.8.